The third-order valence-corrected chi connectivity index (χ3v) is 5.82. The van der Waals surface area contributed by atoms with E-state index in [1.807, 2.05) is 0 Å². The number of nitrogens with one attached hydrogen (secondary N) is 2. The van der Waals surface area contributed by atoms with Gasteiger partial charge < -0.3 is 5.32 Å². The number of halogens is 2. The van der Waals surface area contributed by atoms with Gasteiger partial charge in [-0.15, -0.1) is 0 Å². The van der Waals surface area contributed by atoms with Crippen LogP contribution in [0.15, 0.2) is 33.9 Å². The maximum absolute atomic E-state index is 14.0. The van der Waals surface area contributed by atoms with Gasteiger partial charge in [0.15, 0.2) is 5.78 Å². The minimum atomic E-state index is -3.68. The highest BCUT2D eigenvalue weighted by atomic mass is 35.5. The van der Waals surface area contributed by atoms with Crippen LogP contribution in [-0.2, 0) is 10.0 Å². The minimum Gasteiger partial charge on any atom is -0.369 e. The molecule has 0 fully saturated rings. The van der Waals surface area contributed by atoms with E-state index in [-0.39, 0.29) is 28.2 Å². The van der Waals surface area contributed by atoms with Crippen LogP contribution in [0, 0.1) is 11.7 Å². The van der Waals surface area contributed by atoms with Crippen LogP contribution in [0.25, 0.3) is 0 Å². The maximum Gasteiger partial charge on any atom is 0.232 e. The molecule has 0 bridgehead atoms. The summed E-state index contributed by atoms with van der Waals surface area (Å²) in [6.45, 7) is 1.70. The van der Waals surface area contributed by atoms with E-state index >= 15 is 0 Å². The molecule has 0 saturated carbocycles. The van der Waals surface area contributed by atoms with Crippen LogP contribution in [0.5, 0.6) is 0 Å². The zero-order valence-electron chi connectivity index (χ0n) is 13.7. The van der Waals surface area contributed by atoms with Gasteiger partial charge in [0.1, 0.15) is 18.3 Å². The molecule has 2 aliphatic heterocycles. The number of Topliss-reactive ketones (excluding diaryl/α,β-unsaturated/α-hetero) is 1. The molecule has 0 saturated heterocycles. The fraction of sp³-hybridized carbons (Fsp3) is 0.312. The zero-order valence-corrected chi connectivity index (χ0v) is 15.3. The van der Waals surface area contributed by atoms with Crippen molar-refractivity contribution in [3.8, 4) is 0 Å². The van der Waals surface area contributed by atoms with E-state index in [0.717, 1.165) is 12.1 Å². The average molecular weight is 399 g/mol. The van der Waals surface area contributed by atoms with Crippen molar-refractivity contribution in [2.45, 2.75) is 19.5 Å². The number of hydrogen-bond acceptors (Lipinski definition) is 6. The van der Waals surface area contributed by atoms with E-state index in [9.17, 15) is 17.6 Å². The fourth-order valence-electron chi connectivity index (χ4n) is 2.77. The Balaban J connectivity index is 1.94. The second-order valence-corrected chi connectivity index (χ2v) is 8.08. The van der Waals surface area contributed by atoms with Crippen LogP contribution < -0.4 is 10.0 Å². The van der Waals surface area contributed by atoms with E-state index in [1.54, 1.807) is 13.1 Å². The molecule has 10 heteroatoms. The van der Waals surface area contributed by atoms with Crippen LogP contribution in [-0.4, -0.2) is 38.7 Å². The SMILES string of the molecule is CCCS(=O)(=O)Nc1cc(F)cc(C(=O)C2=CNC3N=CN=CC23)c1Cl. The van der Waals surface area contributed by atoms with Crippen LogP contribution >= 0.6 is 11.6 Å². The molecule has 26 heavy (non-hydrogen) atoms. The molecule has 138 valence electrons. The lowest BCUT2D eigenvalue weighted by Gasteiger charge is -2.17. The number of ketones is 1. The molecule has 2 heterocycles. The van der Waals surface area contributed by atoms with Gasteiger partial charge in [0.25, 0.3) is 0 Å². The smallest absolute Gasteiger partial charge is 0.232 e. The summed E-state index contributed by atoms with van der Waals surface area (Å²) in [5.41, 5.74) is 0.0323. The monoisotopic (exact) mass is 398 g/mol. The Bertz CT molecular complexity index is 943. The molecule has 2 aliphatic rings. The molecule has 2 atom stereocenters. The Morgan fingerprint density at radius 3 is 2.92 bits per heavy atom. The number of aliphatic imine (C=N–C) groups is 2. The Morgan fingerprint density at radius 1 is 1.42 bits per heavy atom. The first-order valence-electron chi connectivity index (χ1n) is 7.87. The number of carbonyl (C=O) groups excluding carboxylic acids is 1. The Kier molecular flexibility index (Phi) is 5.10. The van der Waals surface area contributed by atoms with E-state index in [4.69, 9.17) is 11.6 Å². The van der Waals surface area contributed by atoms with Crippen molar-refractivity contribution in [3.63, 3.8) is 0 Å². The number of rotatable bonds is 6. The molecular weight excluding hydrogens is 383 g/mol. The summed E-state index contributed by atoms with van der Waals surface area (Å²) in [4.78, 5) is 20.9. The predicted molar refractivity (Wildman–Crippen MR) is 98.9 cm³/mol. The van der Waals surface area contributed by atoms with Gasteiger partial charge in [-0.1, -0.05) is 18.5 Å². The van der Waals surface area contributed by atoms with E-state index in [0.29, 0.717) is 12.0 Å². The zero-order chi connectivity index (χ0) is 18.9. The lowest BCUT2D eigenvalue weighted by Crippen LogP contribution is -2.29. The van der Waals surface area contributed by atoms with Gasteiger partial charge in [-0.05, 0) is 18.6 Å². The lowest BCUT2D eigenvalue weighted by molar-refractivity contribution is 0.102. The quantitative estimate of drug-likeness (QED) is 0.718. The summed E-state index contributed by atoms with van der Waals surface area (Å²) in [5, 5.41) is 2.79. The van der Waals surface area contributed by atoms with Crippen molar-refractivity contribution >= 4 is 45.6 Å². The first-order chi connectivity index (χ1) is 12.3. The molecule has 0 aliphatic carbocycles. The summed E-state index contributed by atoms with van der Waals surface area (Å²) in [6, 6.07) is 1.93. The molecule has 0 amide bonds. The molecule has 1 aromatic carbocycles. The number of fused-ring (bicyclic) bond motifs is 1. The van der Waals surface area contributed by atoms with Gasteiger partial charge in [-0.2, -0.15) is 0 Å². The number of benzene rings is 1. The van der Waals surface area contributed by atoms with Gasteiger partial charge in [0.05, 0.1) is 22.4 Å². The molecule has 2 N–H and O–H groups in total. The summed E-state index contributed by atoms with van der Waals surface area (Å²) in [5.74, 6) is -1.83. The first-order valence-corrected chi connectivity index (χ1v) is 9.90. The van der Waals surface area contributed by atoms with Crippen molar-refractivity contribution in [2.75, 3.05) is 10.5 Å². The van der Waals surface area contributed by atoms with Crippen molar-refractivity contribution < 1.29 is 17.6 Å². The molecule has 7 nitrogen and oxygen atoms in total. The topological polar surface area (TPSA) is 100.0 Å². The van der Waals surface area contributed by atoms with Crippen molar-refractivity contribution in [3.05, 3.63) is 40.3 Å². The second-order valence-electron chi connectivity index (χ2n) is 5.86. The van der Waals surface area contributed by atoms with Crippen LogP contribution in [0.4, 0.5) is 10.1 Å². The Hall–Kier alpha value is -2.26. The van der Waals surface area contributed by atoms with Crippen LogP contribution in [0.3, 0.4) is 0 Å². The summed E-state index contributed by atoms with van der Waals surface area (Å²) in [6.07, 6.45) is 4.48. The second kappa shape index (κ2) is 7.16. The summed E-state index contributed by atoms with van der Waals surface area (Å²) >= 11 is 6.21. The van der Waals surface area contributed by atoms with E-state index in [1.165, 1.54) is 12.5 Å². The van der Waals surface area contributed by atoms with Gasteiger partial charge in [0.2, 0.25) is 10.0 Å². The average Bonchev–Trinajstić information content (AvgIpc) is 3.01. The number of sulfonamides is 1. The molecule has 0 radical (unpaired) electrons. The summed E-state index contributed by atoms with van der Waals surface area (Å²) in [7, 11) is -3.68. The maximum atomic E-state index is 14.0. The van der Waals surface area contributed by atoms with Gasteiger partial charge in [-0.25, -0.2) is 22.8 Å². The third-order valence-electron chi connectivity index (χ3n) is 3.93. The highest BCUT2D eigenvalue weighted by Gasteiger charge is 2.34. The number of hydrogen-bond donors (Lipinski definition) is 2. The van der Waals surface area contributed by atoms with E-state index in [2.05, 4.69) is 20.0 Å². The van der Waals surface area contributed by atoms with Crippen molar-refractivity contribution in [1.82, 2.24) is 5.32 Å². The fourth-order valence-corrected chi connectivity index (χ4v) is 4.21. The first kappa shape index (κ1) is 18.5. The Labute approximate surface area is 155 Å². The van der Waals surface area contributed by atoms with E-state index < -0.39 is 27.5 Å². The molecular formula is C16H16ClFN4O3S. The number of carbonyl (C=O) groups is 1. The van der Waals surface area contributed by atoms with Crippen LogP contribution in [0.1, 0.15) is 23.7 Å². The number of nitrogens with zero attached hydrogens (tertiary/aromatic N) is 2. The largest absolute Gasteiger partial charge is 0.369 e. The van der Waals surface area contributed by atoms with Crippen molar-refractivity contribution in [1.29, 1.82) is 0 Å². The standard InChI is InChI=1S/C16H16ClFN4O3S/c1-2-3-26(24,25)22-13-5-9(18)4-10(14(13)17)15(23)11-7-20-16-12(11)6-19-8-21-16/h4-8,12,16,20,22H,2-3H2,1H3. The number of anilines is 1. The third kappa shape index (κ3) is 3.63. The molecule has 0 aromatic heterocycles. The molecule has 0 spiro atoms. The molecule has 1 aromatic rings. The predicted octanol–water partition coefficient (Wildman–Crippen LogP) is 2.36. The highest BCUT2D eigenvalue weighted by Crippen LogP contribution is 2.33. The minimum absolute atomic E-state index is 0.127. The lowest BCUT2D eigenvalue weighted by atomic mass is 9.93. The normalized spacial score (nSPS) is 21.1. The van der Waals surface area contributed by atoms with Gasteiger partial charge in [-0.3, -0.25) is 9.52 Å². The summed E-state index contributed by atoms with van der Waals surface area (Å²) < 4.78 is 40.2. The molecule has 3 rings (SSSR count). The molecule has 2 unspecified atom stereocenters. The highest BCUT2D eigenvalue weighted by molar-refractivity contribution is 7.92. The van der Waals surface area contributed by atoms with Crippen molar-refractivity contribution in [2.24, 2.45) is 15.9 Å². The Morgan fingerprint density at radius 2 is 2.19 bits per heavy atom. The van der Waals surface area contributed by atoms with Crippen LogP contribution in [0.2, 0.25) is 5.02 Å². The van der Waals surface area contributed by atoms with Gasteiger partial charge in [0, 0.05) is 23.6 Å². The van der Waals surface area contributed by atoms with Gasteiger partial charge >= 0.3 is 0 Å².